The van der Waals surface area contributed by atoms with E-state index in [1.807, 2.05) is 31.3 Å². The summed E-state index contributed by atoms with van der Waals surface area (Å²) >= 11 is 5.87. The van der Waals surface area contributed by atoms with Gasteiger partial charge in [0.1, 0.15) is 0 Å². The number of carbonyl (C=O) groups is 1. The number of amides is 1. The van der Waals surface area contributed by atoms with Crippen molar-refractivity contribution in [3.8, 4) is 0 Å². The largest absolute Gasteiger partial charge is 0.320 e. The van der Waals surface area contributed by atoms with Crippen LogP contribution in [-0.2, 0) is 4.79 Å². The van der Waals surface area contributed by atoms with E-state index in [-0.39, 0.29) is 5.91 Å². The third-order valence-corrected chi connectivity index (χ3v) is 3.39. The van der Waals surface area contributed by atoms with Crippen LogP contribution in [0.1, 0.15) is 12.0 Å². The molecule has 1 aliphatic rings. The number of hydrogen-bond acceptors (Lipinski definition) is 2. The Kier molecular flexibility index (Phi) is 4.40. The first-order valence-corrected chi connectivity index (χ1v) is 6.64. The molecule has 0 aliphatic carbocycles. The highest BCUT2D eigenvalue weighted by Crippen LogP contribution is 2.31. The molecule has 0 unspecified atom stereocenters. The van der Waals surface area contributed by atoms with Crippen molar-refractivity contribution in [1.29, 1.82) is 0 Å². The summed E-state index contributed by atoms with van der Waals surface area (Å²) in [6.45, 7) is 5.60. The van der Waals surface area contributed by atoms with Crippen molar-refractivity contribution in [3.63, 3.8) is 0 Å². The highest BCUT2D eigenvalue weighted by molar-refractivity contribution is 6.30. The molecule has 0 radical (unpaired) electrons. The fraction of sp³-hybridized carbons (Fsp3) is 0.267. The highest BCUT2D eigenvalue weighted by atomic mass is 35.5. The molecular weight excluding hydrogens is 260 g/mol. The molecule has 100 valence electrons. The lowest BCUT2D eigenvalue weighted by molar-refractivity contribution is -0.123. The summed E-state index contributed by atoms with van der Waals surface area (Å²) in [4.78, 5) is 13.7. The van der Waals surface area contributed by atoms with Gasteiger partial charge in [-0.3, -0.25) is 4.79 Å². The van der Waals surface area contributed by atoms with Gasteiger partial charge in [0.05, 0.1) is 0 Å². The van der Waals surface area contributed by atoms with Crippen LogP contribution in [0.25, 0.3) is 5.57 Å². The zero-order valence-electron chi connectivity index (χ0n) is 10.9. The van der Waals surface area contributed by atoms with Crippen LogP contribution in [0.5, 0.6) is 0 Å². The van der Waals surface area contributed by atoms with Gasteiger partial charge in [-0.05, 0) is 37.7 Å². The van der Waals surface area contributed by atoms with E-state index in [0.29, 0.717) is 11.6 Å². The molecule has 0 atom stereocenters. The number of hydrogen-bond donors (Lipinski definition) is 1. The first-order chi connectivity index (χ1) is 9.13. The van der Waals surface area contributed by atoms with Crippen molar-refractivity contribution in [2.45, 2.75) is 6.42 Å². The lowest BCUT2D eigenvalue weighted by atomic mass is 10.1. The zero-order valence-corrected chi connectivity index (χ0v) is 11.7. The number of halogens is 1. The lowest BCUT2D eigenvalue weighted by Gasteiger charge is -2.19. The van der Waals surface area contributed by atoms with Crippen LogP contribution in [0.3, 0.4) is 0 Å². The molecule has 0 aromatic heterocycles. The molecular formula is C15H17ClN2O. The third-order valence-electron chi connectivity index (χ3n) is 3.13. The first-order valence-electron chi connectivity index (χ1n) is 6.26. The van der Waals surface area contributed by atoms with Crippen LogP contribution in [0.15, 0.2) is 42.6 Å². The number of rotatable bonds is 5. The van der Waals surface area contributed by atoms with Crippen LogP contribution < -0.4 is 5.32 Å². The SMILES string of the molecule is C=C1C(c2ccc(Cl)cc2)=CC(=O)N1CCCNC. The number of allylic oxidation sites excluding steroid dienone is 1. The molecule has 0 bridgehead atoms. The van der Waals surface area contributed by atoms with Crippen LogP contribution in [0.2, 0.25) is 5.02 Å². The molecule has 2 rings (SSSR count). The molecule has 1 N–H and O–H groups in total. The van der Waals surface area contributed by atoms with E-state index in [9.17, 15) is 4.79 Å². The maximum atomic E-state index is 12.0. The van der Waals surface area contributed by atoms with Crippen LogP contribution in [-0.4, -0.2) is 30.9 Å². The molecule has 1 heterocycles. The maximum absolute atomic E-state index is 12.0. The van der Waals surface area contributed by atoms with E-state index in [4.69, 9.17) is 11.6 Å². The van der Waals surface area contributed by atoms with E-state index < -0.39 is 0 Å². The van der Waals surface area contributed by atoms with Crippen molar-refractivity contribution in [3.05, 3.63) is 53.2 Å². The van der Waals surface area contributed by atoms with E-state index >= 15 is 0 Å². The Bertz CT molecular complexity index is 519. The van der Waals surface area contributed by atoms with Gasteiger partial charge < -0.3 is 10.2 Å². The summed E-state index contributed by atoms with van der Waals surface area (Å²) in [7, 11) is 1.90. The second-order valence-electron chi connectivity index (χ2n) is 4.46. The van der Waals surface area contributed by atoms with Crippen LogP contribution in [0.4, 0.5) is 0 Å². The molecule has 19 heavy (non-hydrogen) atoms. The van der Waals surface area contributed by atoms with Gasteiger partial charge in [-0.25, -0.2) is 0 Å². The van der Waals surface area contributed by atoms with E-state index in [1.54, 1.807) is 11.0 Å². The van der Waals surface area contributed by atoms with Crippen molar-refractivity contribution >= 4 is 23.1 Å². The Labute approximate surface area is 118 Å². The van der Waals surface area contributed by atoms with Gasteiger partial charge in [0, 0.05) is 28.9 Å². The summed E-state index contributed by atoms with van der Waals surface area (Å²) in [5.74, 6) is 0.00560. The highest BCUT2D eigenvalue weighted by Gasteiger charge is 2.25. The average Bonchev–Trinajstić information content (AvgIpc) is 2.68. The summed E-state index contributed by atoms with van der Waals surface area (Å²) < 4.78 is 0. The minimum absolute atomic E-state index is 0.00560. The second-order valence-corrected chi connectivity index (χ2v) is 4.90. The average molecular weight is 277 g/mol. The van der Waals surface area contributed by atoms with E-state index in [1.165, 1.54) is 0 Å². The number of benzene rings is 1. The van der Waals surface area contributed by atoms with E-state index in [0.717, 1.165) is 29.8 Å². The number of nitrogens with one attached hydrogen (secondary N) is 1. The molecule has 0 saturated carbocycles. The second kappa shape index (κ2) is 6.04. The number of carbonyl (C=O) groups excluding carboxylic acids is 1. The van der Waals surface area contributed by atoms with Gasteiger partial charge in [-0.2, -0.15) is 0 Å². The van der Waals surface area contributed by atoms with Gasteiger partial charge in [-0.1, -0.05) is 30.3 Å². The Balaban J connectivity index is 2.12. The maximum Gasteiger partial charge on any atom is 0.251 e. The quantitative estimate of drug-likeness (QED) is 0.839. The molecule has 4 heteroatoms. The van der Waals surface area contributed by atoms with Gasteiger partial charge in [0.2, 0.25) is 0 Å². The minimum atomic E-state index is 0.00560. The predicted octanol–water partition coefficient (Wildman–Crippen LogP) is 2.69. The van der Waals surface area contributed by atoms with Crippen molar-refractivity contribution in [2.24, 2.45) is 0 Å². The lowest BCUT2D eigenvalue weighted by Crippen LogP contribution is -2.27. The summed E-state index contributed by atoms with van der Waals surface area (Å²) in [5, 5.41) is 3.76. The Morgan fingerprint density at radius 2 is 2.00 bits per heavy atom. The Morgan fingerprint density at radius 1 is 1.32 bits per heavy atom. The molecule has 0 saturated heterocycles. The normalized spacial score (nSPS) is 15.1. The Hall–Kier alpha value is -1.58. The first kappa shape index (κ1) is 13.8. The standard InChI is InChI=1S/C15H17ClN2O/c1-11-14(12-4-6-13(16)7-5-12)10-15(19)18(11)9-3-8-17-2/h4-7,10,17H,1,3,8-9H2,2H3. The van der Waals surface area contributed by atoms with Crippen LogP contribution in [0, 0.1) is 0 Å². The molecule has 1 aromatic carbocycles. The van der Waals surface area contributed by atoms with Gasteiger partial charge in [0.15, 0.2) is 0 Å². The van der Waals surface area contributed by atoms with Gasteiger partial charge in [0.25, 0.3) is 5.91 Å². The molecule has 0 spiro atoms. The van der Waals surface area contributed by atoms with E-state index in [2.05, 4.69) is 11.9 Å². The fourth-order valence-electron chi connectivity index (χ4n) is 2.10. The third kappa shape index (κ3) is 3.06. The fourth-order valence-corrected chi connectivity index (χ4v) is 2.23. The van der Waals surface area contributed by atoms with Crippen molar-refractivity contribution in [2.75, 3.05) is 20.1 Å². The summed E-state index contributed by atoms with van der Waals surface area (Å²) in [6.07, 6.45) is 2.55. The molecule has 1 aromatic rings. The molecule has 0 fully saturated rings. The van der Waals surface area contributed by atoms with Crippen molar-refractivity contribution < 1.29 is 4.79 Å². The van der Waals surface area contributed by atoms with Gasteiger partial charge >= 0.3 is 0 Å². The summed E-state index contributed by atoms with van der Waals surface area (Å²) in [6, 6.07) is 7.45. The number of nitrogens with zero attached hydrogens (tertiary/aromatic N) is 1. The zero-order chi connectivity index (χ0) is 13.8. The topological polar surface area (TPSA) is 32.3 Å². The molecule has 1 amide bonds. The van der Waals surface area contributed by atoms with Gasteiger partial charge in [-0.15, -0.1) is 0 Å². The molecule has 3 nitrogen and oxygen atoms in total. The van der Waals surface area contributed by atoms with Crippen LogP contribution >= 0.6 is 11.6 Å². The van der Waals surface area contributed by atoms with Crippen molar-refractivity contribution in [1.82, 2.24) is 10.2 Å². The molecule has 1 aliphatic heterocycles. The smallest absolute Gasteiger partial charge is 0.251 e. The monoisotopic (exact) mass is 276 g/mol. The minimum Gasteiger partial charge on any atom is -0.320 e. The Morgan fingerprint density at radius 3 is 2.63 bits per heavy atom. The predicted molar refractivity (Wildman–Crippen MR) is 78.8 cm³/mol. The summed E-state index contributed by atoms with van der Waals surface area (Å²) in [5.41, 5.74) is 2.62.